The van der Waals surface area contributed by atoms with Crippen molar-refractivity contribution in [1.82, 2.24) is 9.97 Å². The van der Waals surface area contributed by atoms with Gasteiger partial charge in [-0.1, -0.05) is 66.7 Å². The number of nitrogens with one attached hydrogen (secondary N) is 1. The molecule has 0 bridgehead atoms. The van der Waals surface area contributed by atoms with Crippen molar-refractivity contribution in [2.45, 2.75) is 4.90 Å². The molecule has 0 aliphatic carbocycles. The highest BCUT2D eigenvalue weighted by atomic mass is 32.2. The Kier molecular flexibility index (Phi) is 5.22. The predicted molar refractivity (Wildman–Crippen MR) is 111 cm³/mol. The normalized spacial score (nSPS) is 11.0. The second-order valence-electron chi connectivity index (χ2n) is 6.11. The van der Waals surface area contributed by atoms with Crippen LogP contribution in [-0.2, 0) is 10.0 Å². The SMILES string of the molecule is O=S(=O)(Nc1ncc(Oc2ccccc2)c(-c2ccccc2)n1)c1ccccc1. The average molecular weight is 403 g/mol. The van der Waals surface area contributed by atoms with Crippen LogP contribution in [-0.4, -0.2) is 18.4 Å². The third-order valence-corrected chi connectivity index (χ3v) is 5.40. The molecule has 7 heteroatoms. The minimum atomic E-state index is -3.80. The summed E-state index contributed by atoms with van der Waals surface area (Å²) in [4.78, 5) is 8.70. The molecule has 6 nitrogen and oxygen atoms in total. The molecule has 1 heterocycles. The number of para-hydroxylation sites is 1. The predicted octanol–water partition coefficient (Wildman–Crippen LogP) is 4.74. The molecule has 0 fully saturated rings. The van der Waals surface area contributed by atoms with E-state index >= 15 is 0 Å². The first-order valence-electron chi connectivity index (χ1n) is 8.85. The van der Waals surface area contributed by atoms with Gasteiger partial charge in [0.1, 0.15) is 11.4 Å². The number of hydrogen-bond acceptors (Lipinski definition) is 5. The molecule has 29 heavy (non-hydrogen) atoms. The molecular weight excluding hydrogens is 386 g/mol. The summed E-state index contributed by atoms with van der Waals surface area (Å²) in [6, 6.07) is 26.7. The molecule has 0 amide bonds. The molecule has 3 aromatic carbocycles. The van der Waals surface area contributed by atoms with Gasteiger partial charge in [-0.25, -0.2) is 23.1 Å². The van der Waals surface area contributed by atoms with E-state index in [4.69, 9.17) is 4.74 Å². The molecule has 0 radical (unpaired) electrons. The Morgan fingerprint density at radius 2 is 1.34 bits per heavy atom. The molecule has 0 saturated carbocycles. The number of sulfonamides is 1. The van der Waals surface area contributed by atoms with Gasteiger partial charge in [-0.05, 0) is 24.3 Å². The van der Waals surface area contributed by atoms with Crippen molar-refractivity contribution in [1.29, 1.82) is 0 Å². The topological polar surface area (TPSA) is 81.2 Å². The van der Waals surface area contributed by atoms with Gasteiger partial charge in [0, 0.05) is 5.56 Å². The smallest absolute Gasteiger partial charge is 0.264 e. The van der Waals surface area contributed by atoms with Gasteiger partial charge in [-0.2, -0.15) is 0 Å². The number of aromatic nitrogens is 2. The van der Waals surface area contributed by atoms with Crippen LogP contribution in [0.25, 0.3) is 11.3 Å². The van der Waals surface area contributed by atoms with Crippen LogP contribution in [0.3, 0.4) is 0 Å². The van der Waals surface area contributed by atoms with E-state index in [2.05, 4.69) is 14.7 Å². The first-order chi connectivity index (χ1) is 14.1. The fourth-order valence-electron chi connectivity index (χ4n) is 2.69. The molecule has 4 aromatic rings. The van der Waals surface area contributed by atoms with Crippen LogP contribution in [0.4, 0.5) is 5.95 Å². The molecule has 1 aromatic heterocycles. The Bertz CT molecular complexity index is 1200. The lowest BCUT2D eigenvalue weighted by molar-refractivity contribution is 0.480. The van der Waals surface area contributed by atoms with Crippen molar-refractivity contribution in [2.75, 3.05) is 4.72 Å². The van der Waals surface area contributed by atoms with E-state index in [0.29, 0.717) is 17.2 Å². The summed E-state index contributed by atoms with van der Waals surface area (Å²) in [5.74, 6) is 1.02. The van der Waals surface area contributed by atoms with Gasteiger partial charge in [-0.15, -0.1) is 0 Å². The van der Waals surface area contributed by atoms with E-state index in [1.54, 1.807) is 18.2 Å². The van der Waals surface area contributed by atoms with Crippen LogP contribution in [0.1, 0.15) is 0 Å². The zero-order chi connectivity index (χ0) is 20.1. The van der Waals surface area contributed by atoms with Crippen molar-refractivity contribution in [3.05, 3.63) is 97.2 Å². The molecule has 0 unspecified atom stereocenters. The summed E-state index contributed by atoms with van der Waals surface area (Å²) in [6.45, 7) is 0. The maximum atomic E-state index is 12.6. The van der Waals surface area contributed by atoms with Crippen LogP contribution in [0.15, 0.2) is 102 Å². The second-order valence-corrected chi connectivity index (χ2v) is 7.79. The Morgan fingerprint density at radius 1 is 0.759 bits per heavy atom. The molecule has 1 N–H and O–H groups in total. The first kappa shape index (κ1) is 18.6. The van der Waals surface area contributed by atoms with Crippen molar-refractivity contribution in [2.24, 2.45) is 0 Å². The molecule has 0 atom stereocenters. The van der Waals surface area contributed by atoms with Crippen molar-refractivity contribution >= 4 is 16.0 Å². The minimum Gasteiger partial charge on any atom is -0.453 e. The van der Waals surface area contributed by atoms with Crippen LogP contribution < -0.4 is 9.46 Å². The number of anilines is 1. The molecule has 0 aliphatic heterocycles. The first-order valence-corrected chi connectivity index (χ1v) is 10.3. The summed E-state index contributed by atoms with van der Waals surface area (Å²) in [5, 5.41) is 0. The van der Waals surface area contributed by atoms with Crippen LogP contribution in [0.2, 0.25) is 0 Å². The summed E-state index contributed by atoms with van der Waals surface area (Å²) in [7, 11) is -3.80. The highest BCUT2D eigenvalue weighted by Crippen LogP contribution is 2.32. The van der Waals surface area contributed by atoms with E-state index in [1.165, 1.54) is 18.3 Å². The number of rotatable bonds is 6. The van der Waals surface area contributed by atoms with Gasteiger partial charge in [0.15, 0.2) is 5.75 Å². The molecular formula is C22H17N3O3S. The van der Waals surface area contributed by atoms with Gasteiger partial charge >= 0.3 is 0 Å². The number of benzene rings is 3. The van der Waals surface area contributed by atoms with Gasteiger partial charge in [0.2, 0.25) is 5.95 Å². The lowest BCUT2D eigenvalue weighted by atomic mass is 10.1. The third kappa shape index (κ3) is 4.41. The van der Waals surface area contributed by atoms with E-state index in [0.717, 1.165) is 5.56 Å². The quantitative estimate of drug-likeness (QED) is 0.503. The van der Waals surface area contributed by atoms with E-state index in [-0.39, 0.29) is 10.8 Å². The van der Waals surface area contributed by atoms with Crippen molar-refractivity contribution in [3.8, 4) is 22.8 Å². The number of nitrogens with zero attached hydrogens (tertiary/aromatic N) is 2. The maximum absolute atomic E-state index is 12.6. The largest absolute Gasteiger partial charge is 0.453 e. The number of ether oxygens (including phenoxy) is 1. The zero-order valence-corrected chi connectivity index (χ0v) is 16.1. The van der Waals surface area contributed by atoms with E-state index in [1.807, 2.05) is 60.7 Å². The summed E-state index contributed by atoms with van der Waals surface area (Å²) in [6.07, 6.45) is 1.46. The van der Waals surface area contributed by atoms with Gasteiger partial charge in [0.25, 0.3) is 10.0 Å². The maximum Gasteiger partial charge on any atom is 0.264 e. The zero-order valence-electron chi connectivity index (χ0n) is 15.3. The van der Waals surface area contributed by atoms with E-state index < -0.39 is 10.0 Å². The molecule has 0 spiro atoms. The highest BCUT2D eigenvalue weighted by molar-refractivity contribution is 7.92. The summed E-state index contributed by atoms with van der Waals surface area (Å²) in [5.41, 5.74) is 1.26. The average Bonchev–Trinajstić information content (AvgIpc) is 2.76. The molecule has 0 saturated heterocycles. The standard InChI is InChI=1S/C22H17N3O3S/c26-29(27,19-14-8-3-9-15-19)25-22-23-16-20(28-18-12-6-2-7-13-18)21(24-22)17-10-4-1-5-11-17/h1-16H,(H,23,24,25). The summed E-state index contributed by atoms with van der Waals surface area (Å²) < 4.78 is 33.6. The molecule has 4 rings (SSSR count). The fraction of sp³-hybridized carbons (Fsp3) is 0. The third-order valence-electron chi connectivity index (χ3n) is 4.05. The van der Waals surface area contributed by atoms with Crippen molar-refractivity contribution in [3.63, 3.8) is 0 Å². The second kappa shape index (κ2) is 8.12. The van der Waals surface area contributed by atoms with E-state index in [9.17, 15) is 8.42 Å². The lowest BCUT2D eigenvalue weighted by Gasteiger charge is -2.13. The van der Waals surface area contributed by atoms with Gasteiger partial charge in [-0.3, -0.25) is 0 Å². The van der Waals surface area contributed by atoms with Crippen LogP contribution in [0.5, 0.6) is 11.5 Å². The monoisotopic (exact) mass is 403 g/mol. The fourth-order valence-corrected chi connectivity index (χ4v) is 3.66. The van der Waals surface area contributed by atoms with Crippen LogP contribution >= 0.6 is 0 Å². The van der Waals surface area contributed by atoms with Crippen molar-refractivity contribution < 1.29 is 13.2 Å². The minimum absolute atomic E-state index is 0.0342. The van der Waals surface area contributed by atoms with Gasteiger partial charge in [0.05, 0.1) is 11.1 Å². The Balaban J connectivity index is 1.72. The molecule has 144 valence electrons. The highest BCUT2D eigenvalue weighted by Gasteiger charge is 2.18. The Hall–Kier alpha value is -3.71. The lowest BCUT2D eigenvalue weighted by Crippen LogP contribution is -2.15. The van der Waals surface area contributed by atoms with Gasteiger partial charge < -0.3 is 4.74 Å². The molecule has 0 aliphatic rings. The van der Waals surface area contributed by atoms with Crippen LogP contribution in [0, 0.1) is 0 Å². The summed E-state index contributed by atoms with van der Waals surface area (Å²) >= 11 is 0. The Morgan fingerprint density at radius 3 is 2.00 bits per heavy atom. The Labute approximate surface area is 168 Å². The number of hydrogen-bond donors (Lipinski definition) is 1.